The minimum atomic E-state index is 0.403. The third-order valence-corrected chi connectivity index (χ3v) is 3.62. The van der Waals surface area contributed by atoms with Crippen LogP contribution >= 0.6 is 27.5 Å². The first kappa shape index (κ1) is 14.8. The highest BCUT2D eigenvalue weighted by atomic mass is 79.9. The zero-order valence-electron chi connectivity index (χ0n) is 10.8. The molecule has 2 rings (SSSR count). The van der Waals surface area contributed by atoms with Crippen molar-refractivity contribution in [3.8, 4) is 5.75 Å². The van der Waals surface area contributed by atoms with Crippen LogP contribution in [0.4, 0.5) is 0 Å². The summed E-state index contributed by atoms with van der Waals surface area (Å²) in [6, 6.07) is 7.46. The Morgan fingerprint density at radius 3 is 2.80 bits per heavy atom. The van der Waals surface area contributed by atoms with Crippen LogP contribution in [0.25, 0.3) is 10.9 Å². The van der Waals surface area contributed by atoms with Crippen molar-refractivity contribution in [2.75, 3.05) is 6.61 Å². The second-order valence-electron chi connectivity index (χ2n) is 4.05. The van der Waals surface area contributed by atoms with Gasteiger partial charge in [-0.3, -0.25) is 0 Å². The SMILES string of the molecule is C=C/C=C(\C=C)COc1ccc(Br)c2ccc(Cl)nc12. The van der Waals surface area contributed by atoms with E-state index >= 15 is 0 Å². The Morgan fingerprint density at radius 1 is 1.30 bits per heavy atom. The number of fused-ring (bicyclic) bond motifs is 1. The van der Waals surface area contributed by atoms with Gasteiger partial charge in [0.15, 0.2) is 0 Å². The molecule has 0 unspecified atom stereocenters. The molecule has 102 valence electrons. The van der Waals surface area contributed by atoms with E-state index in [1.807, 2.05) is 24.3 Å². The molecule has 4 heteroatoms. The van der Waals surface area contributed by atoms with Crippen molar-refractivity contribution in [3.63, 3.8) is 0 Å². The quantitative estimate of drug-likeness (QED) is 0.537. The molecule has 0 spiro atoms. The fraction of sp³-hybridized carbons (Fsp3) is 0.0625. The van der Waals surface area contributed by atoms with Crippen molar-refractivity contribution in [2.45, 2.75) is 0 Å². The molecule has 0 radical (unpaired) electrons. The second kappa shape index (κ2) is 6.73. The van der Waals surface area contributed by atoms with E-state index in [1.54, 1.807) is 18.2 Å². The summed E-state index contributed by atoms with van der Waals surface area (Å²) in [4.78, 5) is 4.33. The molecular weight excluding hydrogens is 338 g/mol. The van der Waals surface area contributed by atoms with Crippen molar-refractivity contribution in [3.05, 3.63) is 70.9 Å². The van der Waals surface area contributed by atoms with E-state index in [1.165, 1.54) is 0 Å². The highest BCUT2D eigenvalue weighted by Gasteiger charge is 2.08. The minimum Gasteiger partial charge on any atom is -0.487 e. The Kier molecular flexibility index (Phi) is 4.99. The molecule has 2 nitrogen and oxygen atoms in total. The van der Waals surface area contributed by atoms with Crippen molar-refractivity contribution in [1.82, 2.24) is 4.98 Å². The maximum absolute atomic E-state index is 5.96. The Bertz CT molecular complexity index is 694. The van der Waals surface area contributed by atoms with E-state index in [4.69, 9.17) is 16.3 Å². The number of allylic oxidation sites excluding steroid dienone is 2. The van der Waals surface area contributed by atoms with Gasteiger partial charge < -0.3 is 4.74 Å². The van der Waals surface area contributed by atoms with Crippen LogP contribution in [0, 0.1) is 0 Å². The molecule has 2 aromatic rings. The topological polar surface area (TPSA) is 22.1 Å². The lowest BCUT2D eigenvalue weighted by molar-refractivity contribution is 0.359. The molecule has 0 bridgehead atoms. The number of nitrogens with zero attached hydrogens (tertiary/aromatic N) is 1. The maximum atomic E-state index is 5.96. The summed E-state index contributed by atoms with van der Waals surface area (Å²) in [6.07, 6.45) is 5.30. The molecule has 0 aliphatic heterocycles. The van der Waals surface area contributed by atoms with Crippen LogP contribution in [0.15, 0.2) is 65.7 Å². The van der Waals surface area contributed by atoms with Gasteiger partial charge in [-0.25, -0.2) is 4.98 Å². The van der Waals surface area contributed by atoms with Gasteiger partial charge in [0.25, 0.3) is 0 Å². The first-order valence-corrected chi connectivity index (χ1v) is 7.14. The van der Waals surface area contributed by atoms with Crippen LogP contribution in [-0.2, 0) is 0 Å². The average Bonchev–Trinajstić information content (AvgIpc) is 2.45. The van der Waals surface area contributed by atoms with Gasteiger partial charge in [0.05, 0.1) is 0 Å². The molecule has 0 atom stereocenters. The summed E-state index contributed by atoms with van der Waals surface area (Å²) in [7, 11) is 0. The summed E-state index contributed by atoms with van der Waals surface area (Å²) in [5.41, 5.74) is 1.67. The Balaban J connectivity index is 2.37. The monoisotopic (exact) mass is 349 g/mol. The number of halogens is 2. The lowest BCUT2D eigenvalue weighted by atomic mass is 10.2. The van der Waals surface area contributed by atoms with Crippen molar-refractivity contribution in [1.29, 1.82) is 0 Å². The van der Waals surface area contributed by atoms with Gasteiger partial charge in [-0.2, -0.15) is 0 Å². The van der Waals surface area contributed by atoms with E-state index in [2.05, 4.69) is 34.1 Å². The lowest BCUT2D eigenvalue weighted by Crippen LogP contribution is -2.00. The number of hydrogen-bond donors (Lipinski definition) is 0. The van der Waals surface area contributed by atoms with E-state index in [0.717, 1.165) is 20.9 Å². The van der Waals surface area contributed by atoms with E-state index in [9.17, 15) is 0 Å². The second-order valence-corrected chi connectivity index (χ2v) is 5.29. The van der Waals surface area contributed by atoms with Crippen molar-refractivity contribution in [2.24, 2.45) is 0 Å². The Hall–Kier alpha value is -1.58. The number of pyridine rings is 1. The highest BCUT2D eigenvalue weighted by molar-refractivity contribution is 9.10. The smallest absolute Gasteiger partial charge is 0.146 e. The fourth-order valence-electron chi connectivity index (χ4n) is 1.74. The standard InChI is InChI=1S/C16H13BrClNO/c1-3-5-11(4-2)10-20-14-8-7-13(17)12-6-9-15(18)19-16(12)14/h3-9H,1-2,10H2/b11-5+. The van der Waals surface area contributed by atoms with Gasteiger partial charge in [-0.05, 0) is 29.8 Å². The van der Waals surface area contributed by atoms with E-state index < -0.39 is 0 Å². The van der Waals surface area contributed by atoms with Crippen LogP contribution < -0.4 is 4.74 Å². The maximum Gasteiger partial charge on any atom is 0.146 e. The van der Waals surface area contributed by atoms with Crippen LogP contribution in [0.5, 0.6) is 5.75 Å². The summed E-state index contributed by atoms with van der Waals surface area (Å²) in [6.45, 7) is 7.81. The van der Waals surface area contributed by atoms with Gasteiger partial charge in [0.1, 0.15) is 23.0 Å². The predicted octanol–water partition coefficient (Wildman–Crippen LogP) is 5.33. The third kappa shape index (κ3) is 3.30. The highest BCUT2D eigenvalue weighted by Crippen LogP contribution is 2.31. The summed E-state index contributed by atoms with van der Waals surface area (Å²) in [5, 5.41) is 1.39. The predicted molar refractivity (Wildman–Crippen MR) is 88.4 cm³/mol. The normalized spacial score (nSPS) is 11.4. The molecular formula is C16H13BrClNO. The Morgan fingerprint density at radius 2 is 2.10 bits per heavy atom. The Labute approximate surface area is 131 Å². The molecule has 1 aromatic carbocycles. The fourth-order valence-corrected chi connectivity index (χ4v) is 2.34. The molecule has 0 saturated carbocycles. The van der Waals surface area contributed by atoms with Crippen LogP contribution in [-0.4, -0.2) is 11.6 Å². The zero-order chi connectivity index (χ0) is 14.5. The number of hydrogen-bond acceptors (Lipinski definition) is 2. The van der Waals surface area contributed by atoms with Crippen LogP contribution in [0.2, 0.25) is 5.15 Å². The van der Waals surface area contributed by atoms with E-state index in [0.29, 0.717) is 17.5 Å². The van der Waals surface area contributed by atoms with Crippen molar-refractivity contribution >= 4 is 38.4 Å². The number of rotatable bonds is 5. The number of ether oxygens (including phenoxy) is 1. The molecule has 0 saturated heterocycles. The molecule has 1 heterocycles. The molecule has 0 aliphatic rings. The van der Waals surface area contributed by atoms with Gasteiger partial charge >= 0.3 is 0 Å². The molecule has 0 fully saturated rings. The van der Waals surface area contributed by atoms with Gasteiger partial charge in [-0.1, -0.05) is 58.9 Å². The van der Waals surface area contributed by atoms with Crippen LogP contribution in [0.3, 0.4) is 0 Å². The lowest BCUT2D eigenvalue weighted by Gasteiger charge is -2.10. The van der Waals surface area contributed by atoms with Gasteiger partial charge in [0, 0.05) is 9.86 Å². The first-order chi connectivity index (χ1) is 9.65. The summed E-state index contributed by atoms with van der Waals surface area (Å²) >= 11 is 9.45. The molecule has 0 amide bonds. The van der Waals surface area contributed by atoms with Gasteiger partial charge in [0.2, 0.25) is 0 Å². The largest absolute Gasteiger partial charge is 0.487 e. The first-order valence-electron chi connectivity index (χ1n) is 5.97. The van der Waals surface area contributed by atoms with Crippen molar-refractivity contribution < 1.29 is 4.74 Å². The molecule has 20 heavy (non-hydrogen) atoms. The minimum absolute atomic E-state index is 0.403. The molecule has 1 aromatic heterocycles. The number of benzene rings is 1. The summed E-state index contributed by atoms with van der Waals surface area (Å²) < 4.78 is 6.76. The van der Waals surface area contributed by atoms with E-state index in [-0.39, 0.29) is 0 Å². The zero-order valence-corrected chi connectivity index (χ0v) is 13.1. The summed E-state index contributed by atoms with van der Waals surface area (Å²) in [5.74, 6) is 0.683. The molecule has 0 aliphatic carbocycles. The average molecular weight is 351 g/mol. The third-order valence-electron chi connectivity index (χ3n) is 2.72. The van der Waals surface area contributed by atoms with Gasteiger partial charge in [-0.15, -0.1) is 0 Å². The molecule has 0 N–H and O–H groups in total. The van der Waals surface area contributed by atoms with Crippen LogP contribution in [0.1, 0.15) is 0 Å². The number of aromatic nitrogens is 1.